The zero-order chi connectivity index (χ0) is 19.4. The molecule has 1 heterocycles. The SMILES string of the molecule is CC(=O)Oc1cc2ccc(OCC(=O)N3CCOCC3)cc2cc1C(=O)O. The zero-order valence-corrected chi connectivity index (χ0v) is 14.8. The number of benzene rings is 2. The van der Waals surface area contributed by atoms with Crippen molar-refractivity contribution in [3.63, 3.8) is 0 Å². The van der Waals surface area contributed by atoms with Gasteiger partial charge in [-0.2, -0.15) is 0 Å². The lowest BCUT2D eigenvalue weighted by molar-refractivity contribution is -0.137. The summed E-state index contributed by atoms with van der Waals surface area (Å²) in [6.45, 7) is 3.22. The van der Waals surface area contributed by atoms with Crippen LogP contribution in [0, 0.1) is 0 Å². The predicted molar refractivity (Wildman–Crippen MR) is 95.1 cm³/mol. The molecule has 0 aromatic heterocycles. The molecule has 8 nitrogen and oxygen atoms in total. The molecule has 0 radical (unpaired) electrons. The monoisotopic (exact) mass is 373 g/mol. The number of ether oxygens (including phenoxy) is 3. The molecular weight excluding hydrogens is 354 g/mol. The molecule has 0 aliphatic carbocycles. The second kappa shape index (κ2) is 8.05. The molecule has 1 amide bonds. The van der Waals surface area contributed by atoms with Crippen molar-refractivity contribution in [2.24, 2.45) is 0 Å². The Morgan fingerprint density at radius 2 is 1.85 bits per heavy atom. The number of carbonyl (C=O) groups excluding carboxylic acids is 2. The third kappa shape index (κ3) is 4.53. The van der Waals surface area contributed by atoms with Crippen LogP contribution in [0.5, 0.6) is 11.5 Å². The number of esters is 1. The minimum atomic E-state index is -1.21. The van der Waals surface area contributed by atoms with Crippen molar-refractivity contribution in [2.45, 2.75) is 6.92 Å². The number of nitrogens with zero attached hydrogens (tertiary/aromatic N) is 1. The van der Waals surface area contributed by atoms with Crippen LogP contribution in [0.15, 0.2) is 30.3 Å². The van der Waals surface area contributed by atoms with E-state index < -0.39 is 11.9 Å². The zero-order valence-electron chi connectivity index (χ0n) is 14.8. The fraction of sp³-hybridized carbons (Fsp3) is 0.316. The van der Waals surface area contributed by atoms with Crippen molar-refractivity contribution in [2.75, 3.05) is 32.9 Å². The van der Waals surface area contributed by atoms with Gasteiger partial charge in [0.25, 0.3) is 5.91 Å². The number of fused-ring (bicyclic) bond motifs is 1. The summed E-state index contributed by atoms with van der Waals surface area (Å²) >= 11 is 0. The van der Waals surface area contributed by atoms with Crippen LogP contribution >= 0.6 is 0 Å². The molecule has 0 atom stereocenters. The number of amides is 1. The first-order valence-corrected chi connectivity index (χ1v) is 8.42. The maximum atomic E-state index is 12.1. The number of carboxylic acid groups (broad SMARTS) is 1. The molecule has 0 bridgehead atoms. The number of hydrogen-bond donors (Lipinski definition) is 1. The quantitative estimate of drug-likeness (QED) is 0.629. The van der Waals surface area contributed by atoms with Gasteiger partial charge in [-0.15, -0.1) is 0 Å². The molecule has 8 heteroatoms. The van der Waals surface area contributed by atoms with E-state index in [1.54, 1.807) is 23.1 Å². The average molecular weight is 373 g/mol. The first-order chi connectivity index (χ1) is 12.9. The highest BCUT2D eigenvalue weighted by molar-refractivity contribution is 5.98. The summed E-state index contributed by atoms with van der Waals surface area (Å²) in [7, 11) is 0. The van der Waals surface area contributed by atoms with E-state index in [0.717, 1.165) is 0 Å². The lowest BCUT2D eigenvalue weighted by Gasteiger charge is -2.26. The average Bonchev–Trinajstić information content (AvgIpc) is 2.65. The number of carboxylic acids is 1. The Bertz CT molecular complexity index is 887. The Hall–Kier alpha value is -3.13. The van der Waals surface area contributed by atoms with Crippen molar-refractivity contribution in [1.29, 1.82) is 0 Å². The van der Waals surface area contributed by atoms with Crippen molar-refractivity contribution in [3.8, 4) is 11.5 Å². The van der Waals surface area contributed by atoms with Crippen molar-refractivity contribution < 1.29 is 33.7 Å². The molecule has 3 rings (SSSR count). The Morgan fingerprint density at radius 1 is 1.11 bits per heavy atom. The number of aromatic carboxylic acids is 1. The minimum absolute atomic E-state index is 0.0151. The highest BCUT2D eigenvalue weighted by atomic mass is 16.5. The van der Waals surface area contributed by atoms with E-state index in [1.165, 1.54) is 19.1 Å². The highest BCUT2D eigenvalue weighted by Gasteiger charge is 2.18. The van der Waals surface area contributed by atoms with E-state index in [1.807, 2.05) is 0 Å². The molecule has 1 saturated heterocycles. The molecule has 1 aliphatic rings. The number of carbonyl (C=O) groups is 3. The van der Waals surface area contributed by atoms with Gasteiger partial charge in [-0.05, 0) is 35.0 Å². The van der Waals surface area contributed by atoms with Crippen molar-refractivity contribution in [3.05, 3.63) is 35.9 Å². The lowest BCUT2D eigenvalue weighted by atomic mass is 10.1. The van der Waals surface area contributed by atoms with Crippen molar-refractivity contribution in [1.82, 2.24) is 4.90 Å². The van der Waals surface area contributed by atoms with Crippen LogP contribution in [0.4, 0.5) is 0 Å². The molecule has 2 aromatic carbocycles. The Labute approximate surface area is 155 Å². The number of morpholine rings is 1. The van der Waals surface area contributed by atoms with Crippen LogP contribution in [-0.2, 0) is 14.3 Å². The second-order valence-electron chi connectivity index (χ2n) is 6.04. The van der Waals surface area contributed by atoms with Gasteiger partial charge in [0, 0.05) is 20.0 Å². The Kier molecular flexibility index (Phi) is 5.56. The topological polar surface area (TPSA) is 102 Å². The van der Waals surface area contributed by atoms with Crippen LogP contribution in [0.2, 0.25) is 0 Å². The summed E-state index contributed by atoms with van der Waals surface area (Å²) in [5, 5.41) is 10.6. The van der Waals surface area contributed by atoms with Crippen LogP contribution < -0.4 is 9.47 Å². The minimum Gasteiger partial charge on any atom is -0.484 e. The highest BCUT2D eigenvalue weighted by Crippen LogP contribution is 2.29. The van der Waals surface area contributed by atoms with Gasteiger partial charge in [-0.25, -0.2) is 4.79 Å². The third-order valence-electron chi connectivity index (χ3n) is 4.12. The van der Waals surface area contributed by atoms with Gasteiger partial charge in [-0.3, -0.25) is 9.59 Å². The maximum Gasteiger partial charge on any atom is 0.339 e. The third-order valence-corrected chi connectivity index (χ3v) is 4.12. The largest absolute Gasteiger partial charge is 0.484 e. The lowest BCUT2D eigenvalue weighted by Crippen LogP contribution is -2.42. The second-order valence-corrected chi connectivity index (χ2v) is 6.04. The predicted octanol–water partition coefficient (Wildman–Crippen LogP) is 1.70. The molecule has 0 saturated carbocycles. The van der Waals surface area contributed by atoms with Crippen LogP contribution in [0.1, 0.15) is 17.3 Å². The normalized spacial score (nSPS) is 14.0. The first kappa shape index (κ1) is 18.7. The summed E-state index contributed by atoms with van der Waals surface area (Å²) in [5.41, 5.74) is -0.126. The smallest absolute Gasteiger partial charge is 0.339 e. The molecule has 2 aromatic rings. The Morgan fingerprint density at radius 3 is 2.52 bits per heavy atom. The van der Waals surface area contributed by atoms with E-state index in [9.17, 15) is 19.5 Å². The summed E-state index contributed by atoms with van der Waals surface area (Å²) in [5.74, 6) is -1.51. The molecule has 1 fully saturated rings. The number of hydrogen-bond acceptors (Lipinski definition) is 6. The van der Waals surface area contributed by atoms with Crippen LogP contribution in [0.3, 0.4) is 0 Å². The molecule has 1 N–H and O–H groups in total. The van der Waals surface area contributed by atoms with Gasteiger partial charge < -0.3 is 24.2 Å². The van der Waals surface area contributed by atoms with E-state index in [2.05, 4.69) is 0 Å². The van der Waals surface area contributed by atoms with E-state index in [4.69, 9.17) is 14.2 Å². The summed E-state index contributed by atoms with van der Waals surface area (Å²) in [6, 6.07) is 7.93. The van der Waals surface area contributed by atoms with E-state index in [-0.39, 0.29) is 23.8 Å². The Balaban J connectivity index is 1.78. The fourth-order valence-corrected chi connectivity index (χ4v) is 2.80. The first-order valence-electron chi connectivity index (χ1n) is 8.42. The van der Waals surface area contributed by atoms with Gasteiger partial charge in [0.1, 0.15) is 17.1 Å². The number of rotatable bonds is 5. The molecule has 142 valence electrons. The molecule has 1 aliphatic heterocycles. The molecule has 0 spiro atoms. The van der Waals surface area contributed by atoms with Gasteiger partial charge in [0.05, 0.1) is 13.2 Å². The summed E-state index contributed by atoms with van der Waals surface area (Å²) < 4.78 is 15.8. The van der Waals surface area contributed by atoms with Crippen LogP contribution in [-0.4, -0.2) is 60.8 Å². The summed E-state index contributed by atoms with van der Waals surface area (Å²) in [6.07, 6.45) is 0. The van der Waals surface area contributed by atoms with Gasteiger partial charge in [-0.1, -0.05) is 6.07 Å². The van der Waals surface area contributed by atoms with Gasteiger partial charge in [0.15, 0.2) is 6.61 Å². The van der Waals surface area contributed by atoms with Crippen LogP contribution in [0.25, 0.3) is 10.8 Å². The van der Waals surface area contributed by atoms with E-state index in [0.29, 0.717) is 42.8 Å². The van der Waals surface area contributed by atoms with Crippen molar-refractivity contribution >= 4 is 28.6 Å². The molecular formula is C19H19NO7. The summed E-state index contributed by atoms with van der Waals surface area (Å²) in [4.78, 5) is 36.4. The molecule has 27 heavy (non-hydrogen) atoms. The van der Waals surface area contributed by atoms with Gasteiger partial charge >= 0.3 is 11.9 Å². The molecule has 0 unspecified atom stereocenters. The van der Waals surface area contributed by atoms with E-state index >= 15 is 0 Å². The van der Waals surface area contributed by atoms with Gasteiger partial charge in [0.2, 0.25) is 0 Å². The fourth-order valence-electron chi connectivity index (χ4n) is 2.80. The maximum absolute atomic E-state index is 12.1. The standard InChI is InChI=1S/C19H19NO7/c1-12(21)27-17-10-13-2-3-15(8-14(13)9-16(17)19(23)24)26-11-18(22)20-4-6-25-7-5-20/h2-3,8-10H,4-7,11H2,1H3,(H,23,24).